The van der Waals surface area contributed by atoms with E-state index in [9.17, 15) is 14.7 Å². The number of likely N-dealkylation sites (tertiary alicyclic amines) is 1. The number of hydrazine groups is 1. The summed E-state index contributed by atoms with van der Waals surface area (Å²) < 4.78 is 0. The van der Waals surface area contributed by atoms with Gasteiger partial charge in [0, 0.05) is 23.9 Å². The molecule has 0 aliphatic carbocycles. The minimum absolute atomic E-state index is 0.0230. The van der Waals surface area contributed by atoms with Crippen molar-refractivity contribution in [3.8, 4) is 5.75 Å². The normalized spacial score (nSPS) is 15.8. The largest absolute Gasteiger partial charge is 0.507 e. The molecule has 0 unspecified atom stereocenters. The van der Waals surface area contributed by atoms with Gasteiger partial charge in [0.15, 0.2) is 0 Å². The Morgan fingerprint density at radius 2 is 2.00 bits per heavy atom. The molecule has 1 heterocycles. The van der Waals surface area contributed by atoms with E-state index < -0.39 is 0 Å². The second-order valence-electron chi connectivity index (χ2n) is 4.92. The summed E-state index contributed by atoms with van der Waals surface area (Å²) in [5.74, 6) is 5.34. The van der Waals surface area contributed by atoms with Gasteiger partial charge in [-0.25, -0.2) is 5.84 Å². The van der Waals surface area contributed by atoms with Crippen LogP contribution in [0.1, 0.15) is 12.8 Å². The molecule has 0 saturated carbocycles. The fourth-order valence-electron chi connectivity index (χ4n) is 2.32. The van der Waals surface area contributed by atoms with E-state index >= 15 is 0 Å². The number of nitrogens with zero attached hydrogens (tertiary/aromatic N) is 1. The van der Waals surface area contributed by atoms with Crippen molar-refractivity contribution < 1.29 is 14.7 Å². The monoisotopic (exact) mass is 309 g/mol. The number of rotatable bonds is 4. The van der Waals surface area contributed by atoms with E-state index in [1.165, 1.54) is 11.8 Å². The summed E-state index contributed by atoms with van der Waals surface area (Å²) in [6.07, 6.45) is 1.27. The summed E-state index contributed by atoms with van der Waals surface area (Å²) in [6.45, 7) is 1.14. The Labute approximate surface area is 127 Å². The predicted octanol–water partition coefficient (Wildman–Crippen LogP) is 0.713. The molecule has 1 aliphatic rings. The molecular formula is C14H19N3O3S. The lowest BCUT2D eigenvalue weighted by atomic mass is 9.96. The summed E-state index contributed by atoms with van der Waals surface area (Å²) in [6, 6.07) is 6.95. The molecule has 2 rings (SSSR count). The maximum absolute atomic E-state index is 12.1. The number of carbonyl (C=O) groups excluding carboxylic acids is 2. The number of benzene rings is 1. The number of nitrogens with two attached hydrogens (primary N) is 1. The second-order valence-corrected chi connectivity index (χ2v) is 5.94. The van der Waals surface area contributed by atoms with E-state index in [1.54, 1.807) is 23.1 Å². The van der Waals surface area contributed by atoms with Crippen LogP contribution in [0.4, 0.5) is 0 Å². The third kappa shape index (κ3) is 4.12. The zero-order valence-corrected chi connectivity index (χ0v) is 12.4. The molecule has 1 saturated heterocycles. The van der Waals surface area contributed by atoms with E-state index in [-0.39, 0.29) is 29.2 Å². The highest BCUT2D eigenvalue weighted by Gasteiger charge is 2.26. The van der Waals surface area contributed by atoms with E-state index in [2.05, 4.69) is 5.43 Å². The highest BCUT2D eigenvalue weighted by atomic mass is 32.2. The Balaban J connectivity index is 1.80. The molecule has 1 aliphatic heterocycles. The van der Waals surface area contributed by atoms with Crippen LogP contribution in [0.3, 0.4) is 0 Å². The number of para-hydroxylation sites is 1. The van der Waals surface area contributed by atoms with Crippen LogP contribution in [0.25, 0.3) is 0 Å². The number of amides is 2. The van der Waals surface area contributed by atoms with Crippen molar-refractivity contribution in [3.63, 3.8) is 0 Å². The van der Waals surface area contributed by atoms with E-state index in [0.717, 1.165) is 0 Å². The Hall–Kier alpha value is -1.73. The standard InChI is InChI=1S/C14H19N3O3S/c15-16-14(20)10-5-7-17(8-6-10)13(19)9-21-12-4-2-1-3-11(12)18/h1-4,10,18H,5-9,15H2,(H,16,20). The van der Waals surface area contributed by atoms with Crippen LogP contribution < -0.4 is 11.3 Å². The molecule has 21 heavy (non-hydrogen) atoms. The molecule has 7 heteroatoms. The van der Waals surface area contributed by atoms with Crippen molar-refractivity contribution in [2.45, 2.75) is 17.7 Å². The molecule has 114 valence electrons. The lowest BCUT2D eigenvalue weighted by molar-refractivity contribution is -0.133. The molecule has 0 aromatic heterocycles. The summed E-state index contributed by atoms with van der Waals surface area (Å²) in [5.41, 5.74) is 2.16. The van der Waals surface area contributed by atoms with Gasteiger partial charge in [-0.05, 0) is 25.0 Å². The summed E-state index contributed by atoms with van der Waals surface area (Å²) in [4.78, 5) is 26.0. The molecular weight excluding hydrogens is 290 g/mol. The van der Waals surface area contributed by atoms with Crippen LogP contribution in [-0.2, 0) is 9.59 Å². The first-order valence-corrected chi connectivity index (χ1v) is 7.79. The second kappa shape index (κ2) is 7.33. The number of hydrogen-bond donors (Lipinski definition) is 3. The number of phenols is 1. The lowest BCUT2D eigenvalue weighted by Gasteiger charge is -2.31. The van der Waals surface area contributed by atoms with Crippen molar-refractivity contribution in [2.24, 2.45) is 11.8 Å². The molecule has 0 bridgehead atoms. The molecule has 0 spiro atoms. The number of thioether (sulfide) groups is 1. The van der Waals surface area contributed by atoms with Gasteiger partial charge in [-0.2, -0.15) is 0 Å². The number of piperidine rings is 1. The molecule has 0 radical (unpaired) electrons. The Kier molecular flexibility index (Phi) is 5.46. The van der Waals surface area contributed by atoms with Crippen LogP contribution in [0, 0.1) is 5.92 Å². The maximum Gasteiger partial charge on any atom is 0.237 e. The van der Waals surface area contributed by atoms with Crippen LogP contribution in [0.5, 0.6) is 5.75 Å². The Bertz CT molecular complexity index is 516. The van der Waals surface area contributed by atoms with Gasteiger partial charge in [0.05, 0.1) is 5.75 Å². The number of aromatic hydroxyl groups is 1. The fraction of sp³-hybridized carbons (Fsp3) is 0.429. The molecule has 1 aromatic carbocycles. The van der Waals surface area contributed by atoms with Crippen LogP contribution >= 0.6 is 11.8 Å². The minimum Gasteiger partial charge on any atom is -0.507 e. The van der Waals surface area contributed by atoms with Crippen molar-refractivity contribution >= 4 is 23.6 Å². The molecule has 4 N–H and O–H groups in total. The molecule has 2 amide bonds. The number of phenolic OH excluding ortho intramolecular Hbond substituents is 1. The van der Waals surface area contributed by atoms with Gasteiger partial charge in [-0.15, -0.1) is 11.8 Å². The van der Waals surface area contributed by atoms with Crippen LogP contribution in [-0.4, -0.2) is 40.7 Å². The van der Waals surface area contributed by atoms with E-state index in [0.29, 0.717) is 30.8 Å². The summed E-state index contributed by atoms with van der Waals surface area (Å²) in [7, 11) is 0. The third-order valence-corrected chi connectivity index (χ3v) is 4.62. The molecule has 1 fully saturated rings. The highest BCUT2D eigenvalue weighted by Crippen LogP contribution is 2.28. The zero-order valence-electron chi connectivity index (χ0n) is 11.6. The van der Waals surface area contributed by atoms with Gasteiger partial charge in [0.25, 0.3) is 0 Å². The topological polar surface area (TPSA) is 95.7 Å². The zero-order chi connectivity index (χ0) is 15.2. The summed E-state index contributed by atoms with van der Waals surface area (Å²) in [5, 5.41) is 9.65. The van der Waals surface area contributed by atoms with Crippen molar-refractivity contribution in [2.75, 3.05) is 18.8 Å². The van der Waals surface area contributed by atoms with Crippen molar-refractivity contribution in [3.05, 3.63) is 24.3 Å². The van der Waals surface area contributed by atoms with E-state index in [4.69, 9.17) is 5.84 Å². The number of nitrogens with one attached hydrogen (secondary N) is 1. The quantitative estimate of drug-likeness (QED) is 0.329. The van der Waals surface area contributed by atoms with Crippen LogP contribution in [0.2, 0.25) is 0 Å². The predicted molar refractivity (Wildman–Crippen MR) is 80.5 cm³/mol. The average Bonchev–Trinajstić information content (AvgIpc) is 2.53. The molecule has 6 nitrogen and oxygen atoms in total. The number of carbonyl (C=O) groups is 2. The minimum atomic E-state index is -0.161. The van der Waals surface area contributed by atoms with Crippen molar-refractivity contribution in [1.82, 2.24) is 10.3 Å². The lowest BCUT2D eigenvalue weighted by Crippen LogP contribution is -2.45. The molecule has 0 atom stereocenters. The Morgan fingerprint density at radius 3 is 2.62 bits per heavy atom. The van der Waals surface area contributed by atoms with Gasteiger partial charge in [0.1, 0.15) is 5.75 Å². The van der Waals surface area contributed by atoms with Gasteiger partial charge >= 0.3 is 0 Å². The number of hydrogen-bond acceptors (Lipinski definition) is 5. The van der Waals surface area contributed by atoms with Crippen molar-refractivity contribution in [1.29, 1.82) is 0 Å². The SMILES string of the molecule is NNC(=O)C1CCN(C(=O)CSc2ccccc2O)CC1. The highest BCUT2D eigenvalue weighted by molar-refractivity contribution is 8.00. The smallest absolute Gasteiger partial charge is 0.237 e. The summed E-state index contributed by atoms with van der Waals surface area (Å²) >= 11 is 1.32. The van der Waals surface area contributed by atoms with Gasteiger partial charge < -0.3 is 10.0 Å². The molecule has 1 aromatic rings. The first kappa shape index (κ1) is 15.7. The third-order valence-electron chi connectivity index (χ3n) is 3.58. The van der Waals surface area contributed by atoms with E-state index in [1.807, 2.05) is 6.07 Å². The van der Waals surface area contributed by atoms with Crippen LogP contribution in [0.15, 0.2) is 29.2 Å². The fourth-order valence-corrected chi connectivity index (χ4v) is 3.17. The first-order valence-electron chi connectivity index (χ1n) is 6.81. The van der Waals surface area contributed by atoms with Gasteiger partial charge in [0.2, 0.25) is 11.8 Å². The Morgan fingerprint density at radius 1 is 1.33 bits per heavy atom. The average molecular weight is 309 g/mol. The van der Waals surface area contributed by atoms with Gasteiger partial charge in [-0.1, -0.05) is 12.1 Å². The first-order chi connectivity index (χ1) is 10.1. The van der Waals surface area contributed by atoms with Gasteiger partial charge in [-0.3, -0.25) is 15.0 Å². The maximum atomic E-state index is 12.1.